The van der Waals surface area contributed by atoms with Gasteiger partial charge in [-0.3, -0.25) is 28.8 Å². The monoisotopic (exact) mass is 1390 g/mol. The number of hydrogen-bond acceptors (Lipinski definition) is 22. The predicted molar refractivity (Wildman–Crippen MR) is 347 cm³/mol. The molecule has 516 valence electrons. The zero-order valence-corrected chi connectivity index (χ0v) is 60.4. The second-order valence-corrected chi connectivity index (χ2v) is 25.5. The summed E-state index contributed by atoms with van der Waals surface area (Å²) in [6.07, 6.45) is -6.99. The van der Waals surface area contributed by atoms with Crippen molar-refractivity contribution in [1.29, 1.82) is 0 Å². The molecule has 0 radical (unpaired) electrons. The first-order chi connectivity index (χ1) is 44.6. The third kappa shape index (κ3) is 27.4. The number of aliphatic hydroxyl groups is 6. The summed E-state index contributed by atoms with van der Waals surface area (Å²) < 4.78 is 23.2. The number of nitrogens with one attached hydrogen (secondary N) is 5. The molecule has 2 aliphatic heterocycles. The molecule has 4 aromatic carbocycles. The second-order valence-electron chi connectivity index (χ2n) is 23.0. The fourth-order valence-electron chi connectivity index (χ4n) is 10.7. The van der Waals surface area contributed by atoms with Crippen LogP contribution in [0.15, 0.2) is 109 Å². The molecule has 2 fully saturated rings. The van der Waals surface area contributed by atoms with Gasteiger partial charge in [0, 0.05) is 94.8 Å². The molecule has 25 nitrogen and oxygen atoms in total. The van der Waals surface area contributed by atoms with E-state index in [2.05, 4.69) is 26.6 Å². The number of aliphatic hydroxyl groups excluding tert-OH is 6. The van der Waals surface area contributed by atoms with Crippen molar-refractivity contribution in [2.24, 2.45) is 0 Å². The smallest absolute Gasteiger partial charge is 0.870 e. The van der Waals surface area contributed by atoms with Crippen molar-refractivity contribution in [3.8, 4) is 22.3 Å². The topological polar surface area (TPSA) is 408 Å². The molecule has 0 bridgehead atoms. The van der Waals surface area contributed by atoms with Crippen molar-refractivity contribution in [2.75, 3.05) is 55.9 Å². The van der Waals surface area contributed by atoms with E-state index in [1.165, 1.54) is 30.4 Å². The Balaban J connectivity index is 0.00000800. The van der Waals surface area contributed by atoms with E-state index in [0.29, 0.717) is 60.8 Å². The van der Waals surface area contributed by atoms with E-state index in [4.69, 9.17) is 18.9 Å². The first-order valence-corrected chi connectivity index (χ1v) is 33.6. The maximum Gasteiger partial charge on any atom is 1.00 e. The Hall–Kier alpha value is -4.70. The number of ketones is 1. The van der Waals surface area contributed by atoms with E-state index >= 15 is 0 Å². The van der Waals surface area contributed by atoms with Crippen LogP contribution in [0.2, 0.25) is 0 Å². The van der Waals surface area contributed by atoms with Crippen molar-refractivity contribution in [3.05, 3.63) is 120 Å². The molecule has 4 aromatic rings. The number of amides is 5. The van der Waals surface area contributed by atoms with E-state index in [1.807, 2.05) is 60.7 Å². The summed E-state index contributed by atoms with van der Waals surface area (Å²) in [5.41, 5.74) is 4.27. The minimum Gasteiger partial charge on any atom is -0.870 e. The normalized spacial score (nSPS) is 21.8. The van der Waals surface area contributed by atoms with E-state index in [0.717, 1.165) is 61.3 Å². The number of hydrogen-bond donors (Lipinski definition) is 11. The van der Waals surface area contributed by atoms with Gasteiger partial charge in [-0.2, -0.15) is 23.5 Å². The summed E-state index contributed by atoms with van der Waals surface area (Å²) in [4.78, 5) is 100. The summed E-state index contributed by atoms with van der Waals surface area (Å²) in [6.45, 7) is 1.69. The van der Waals surface area contributed by atoms with Crippen LogP contribution in [-0.2, 0) is 47.7 Å². The number of ether oxygens (including phenoxy) is 4. The number of carbonyl (C=O) groups excluding carboxylic acids is 8. The van der Waals surface area contributed by atoms with Gasteiger partial charge in [-0.25, -0.2) is 6.29 Å². The van der Waals surface area contributed by atoms with Crippen LogP contribution >= 0.6 is 23.5 Å². The summed E-state index contributed by atoms with van der Waals surface area (Å²) >= 11 is 2.96. The van der Waals surface area contributed by atoms with Crippen molar-refractivity contribution in [3.63, 3.8) is 0 Å². The molecule has 6 rings (SSSR count). The van der Waals surface area contributed by atoms with Crippen LogP contribution in [0, 0.1) is 0 Å². The quantitative estimate of drug-likeness (QED) is 0.0115. The summed E-state index contributed by atoms with van der Waals surface area (Å²) in [7, 11) is 0. The number of Topliss-reactive ketones (excluding diaryl/α,β-unsaturated/α-hetero) is 1. The molecule has 2 heterocycles. The average Bonchev–Trinajstić information content (AvgIpc) is 0.777. The van der Waals surface area contributed by atoms with E-state index in [1.54, 1.807) is 54.8 Å². The van der Waals surface area contributed by atoms with Crippen molar-refractivity contribution in [2.45, 2.75) is 163 Å². The number of carboxylic acid groups (broad SMARTS) is 1. The fraction of sp³-hybridized carbons (Fsp3) is 0.522. The van der Waals surface area contributed by atoms with Gasteiger partial charge in [-0.15, -0.1) is 0 Å². The molecule has 12 atom stereocenters. The predicted octanol–water partition coefficient (Wildman–Crippen LogP) is -3.90. The van der Waals surface area contributed by atoms with Crippen molar-refractivity contribution >= 4 is 71.1 Å². The molecule has 0 saturated carbocycles. The number of unbranched alkanes of at least 4 members (excludes halogenated alkanes) is 4. The Morgan fingerprint density at radius 3 is 1.48 bits per heavy atom. The van der Waals surface area contributed by atoms with Crippen LogP contribution in [-0.4, -0.2) is 212 Å². The largest absolute Gasteiger partial charge is 1.00 e. The summed E-state index contributed by atoms with van der Waals surface area (Å²) in [5, 5.41) is 92.2. The molecule has 5 amide bonds. The van der Waals surface area contributed by atoms with Crippen LogP contribution in [0.4, 0.5) is 0 Å². The molecule has 0 unspecified atom stereocenters. The number of rotatable bonds is 40. The molecule has 2 aliphatic rings. The average molecular weight is 1390 g/mol. The van der Waals surface area contributed by atoms with Gasteiger partial charge in [-0.1, -0.05) is 104 Å². The van der Waals surface area contributed by atoms with Gasteiger partial charge < -0.3 is 96.3 Å². The van der Waals surface area contributed by atoms with E-state index < -0.39 is 128 Å². The number of carboxylic acids is 1. The fourth-order valence-corrected chi connectivity index (χ4v) is 12.5. The van der Waals surface area contributed by atoms with Gasteiger partial charge >= 0.3 is 59.1 Å². The summed E-state index contributed by atoms with van der Waals surface area (Å²) in [5.74, 6) is -6.77. The Morgan fingerprint density at radius 2 is 1.00 bits per heavy atom. The molecular weight excluding hydrogens is 1300 g/mol. The Labute approximate surface area is 612 Å². The third-order valence-corrected chi connectivity index (χ3v) is 17.9. The van der Waals surface area contributed by atoms with Crippen molar-refractivity contribution < 1.29 is 158 Å². The van der Waals surface area contributed by atoms with Crippen molar-refractivity contribution in [1.82, 2.24) is 26.6 Å². The van der Waals surface area contributed by atoms with Crippen LogP contribution in [0.3, 0.4) is 0 Å². The molecular formula is C67H88N5Na2O20S2-. The van der Waals surface area contributed by atoms with Gasteiger partial charge in [0.25, 0.3) is 11.8 Å². The number of benzene rings is 4. The molecule has 0 aliphatic carbocycles. The number of carbonyl (C=O) groups is 7. The first-order valence-electron chi connectivity index (χ1n) is 31.3. The molecule has 12 N–H and O–H groups in total. The van der Waals surface area contributed by atoms with Gasteiger partial charge in [0.15, 0.2) is 0 Å². The second kappa shape index (κ2) is 44.4. The van der Waals surface area contributed by atoms with Gasteiger partial charge in [0.2, 0.25) is 23.5 Å². The number of thioether (sulfide) groups is 2. The maximum absolute atomic E-state index is 13.0. The van der Waals surface area contributed by atoms with Crippen LogP contribution in [0.1, 0.15) is 112 Å². The van der Waals surface area contributed by atoms with Crippen LogP contribution in [0.25, 0.3) is 22.3 Å². The van der Waals surface area contributed by atoms with Crippen LogP contribution in [0.5, 0.6) is 0 Å². The standard InChI is InChI=1S/C67H88N5O19S2.2Na.H2O/c1-43(74)71-57-52(77)38-66(42-73,90-61(57)59(82)54(79)40-69-63(84)49-25-21-47(22-26-49)45-16-8-6-9-17-45)88-32-14-34-92-36-29-51(76)20-12-4-3-5-13-31-68-56(81)30-37-93-35-15-33-89-67(65(86)87)39-53(78)58(72-44(2)75)62(91-67)60(83)55(80)41-70-64(85)50-27-23-48(24-28-50)46-18-10-7-11-19-46;;;/h6-11,16-19,21-28,52-55,57-62,77-80,82-83H,3-5,12-15,20,29-41H2,1-2H3,(H,68,81)(H,69,84)(H,70,85)(H,71,74)(H,72,75)(H,86,87);;;1H2/q-1;2*+1;/p-2/t52-,53-,54+,55+,57+,58+,59+,60+,61+,62+,66+,67+;;;/m0.../s1. The summed E-state index contributed by atoms with van der Waals surface area (Å²) in [6, 6.07) is 30.0. The minimum absolute atomic E-state index is 0. The van der Waals surface area contributed by atoms with Gasteiger partial charge in [-0.05, 0) is 83.7 Å². The first kappa shape index (κ1) is 85.5. The SMILES string of the molecule is CC(=O)N[C@H]1[C@H]([C@H](O)[C@H](O)CNC(=O)c2ccc(-c3ccccc3)cc2)O[C@]([C-]=O)(OCCCSCCC(=O)CCCCCCCNC(=O)CCSCCCO[C@]2(C(=O)[O-])C[C@H](O)[C@@H](NC(C)=O)[C@H]([C@H](O)[C@H](O)CNC(=O)c3ccc(-c4ccccc4)cc3)O2)C[C@@H]1O.[Na+].[Na+].[OH-]. The Bertz CT molecular complexity index is 3030. The Kier molecular flexibility index (Phi) is 39.6. The molecule has 0 aromatic heterocycles. The Morgan fingerprint density at radius 1 is 0.562 bits per heavy atom. The molecule has 29 heteroatoms. The maximum atomic E-state index is 13.0. The number of aliphatic carboxylic acids is 1. The molecule has 2 saturated heterocycles. The molecule has 96 heavy (non-hydrogen) atoms. The third-order valence-electron chi connectivity index (χ3n) is 15.8. The minimum atomic E-state index is -2.57. The van der Waals surface area contributed by atoms with Gasteiger partial charge in [0.1, 0.15) is 36.2 Å². The van der Waals surface area contributed by atoms with Gasteiger partial charge in [0.05, 0.1) is 48.9 Å². The van der Waals surface area contributed by atoms with E-state index in [9.17, 15) is 74.1 Å². The zero-order valence-electron chi connectivity index (χ0n) is 54.8. The van der Waals surface area contributed by atoms with Crippen LogP contribution < -0.4 is 90.8 Å². The zero-order chi connectivity index (χ0) is 67.3. The van der Waals surface area contributed by atoms with E-state index in [-0.39, 0.29) is 101 Å². The molecule has 0 spiro atoms.